The van der Waals surface area contributed by atoms with Crippen molar-refractivity contribution in [2.24, 2.45) is 0 Å². The lowest BCUT2D eigenvalue weighted by Crippen LogP contribution is -2.11. The second-order valence-corrected chi connectivity index (χ2v) is 4.79. The molecule has 0 N–H and O–H groups in total. The number of rotatable bonds is 5. The van der Waals surface area contributed by atoms with Gasteiger partial charge in [-0.05, 0) is 43.7 Å². The van der Waals surface area contributed by atoms with E-state index in [-0.39, 0.29) is 5.78 Å². The van der Waals surface area contributed by atoms with Crippen LogP contribution < -0.4 is 4.74 Å². The highest BCUT2D eigenvalue weighted by molar-refractivity contribution is 6.02. The molecule has 0 amide bonds. The SMILES string of the molecule is CCOc1ccc(C(=O)C(C#N)c2ccc(C)cc2)cc1. The highest BCUT2D eigenvalue weighted by Crippen LogP contribution is 2.22. The lowest BCUT2D eigenvalue weighted by atomic mass is 9.91. The second-order valence-electron chi connectivity index (χ2n) is 4.79. The van der Waals surface area contributed by atoms with Gasteiger partial charge < -0.3 is 4.74 Å². The molecular weight excluding hydrogens is 262 g/mol. The van der Waals surface area contributed by atoms with Crippen LogP contribution in [0.5, 0.6) is 5.75 Å². The van der Waals surface area contributed by atoms with Crippen LogP contribution in [0.4, 0.5) is 0 Å². The van der Waals surface area contributed by atoms with Crippen molar-refractivity contribution >= 4 is 5.78 Å². The molecule has 3 nitrogen and oxygen atoms in total. The number of benzene rings is 2. The van der Waals surface area contributed by atoms with E-state index in [0.29, 0.717) is 12.2 Å². The molecule has 1 atom stereocenters. The summed E-state index contributed by atoms with van der Waals surface area (Å²) in [6, 6.07) is 16.5. The summed E-state index contributed by atoms with van der Waals surface area (Å²) in [5.74, 6) is -0.245. The van der Waals surface area contributed by atoms with Crippen molar-refractivity contribution in [3.8, 4) is 11.8 Å². The van der Waals surface area contributed by atoms with Crippen LogP contribution in [0, 0.1) is 18.3 Å². The van der Waals surface area contributed by atoms with E-state index < -0.39 is 5.92 Å². The molecule has 0 aliphatic rings. The second kappa shape index (κ2) is 6.71. The molecule has 0 heterocycles. The predicted octanol–water partition coefficient (Wildman–Crippen LogP) is 3.88. The minimum atomic E-state index is -0.774. The third kappa shape index (κ3) is 3.49. The van der Waals surface area contributed by atoms with Crippen LogP contribution in [0.2, 0.25) is 0 Å². The summed E-state index contributed by atoms with van der Waals surface area (Å²) in [4.78, 5) is 12.5. The van der Waals surface area contributed by atoms with Crippen molar-refractivity contribution in [1.29, 1.82) is 5.26 Å². The van der Waals surface area contributed by atoms with Gasteiger partial charge in [-0.3, -0.25) is 4.79 Å². The van der Waals surface area contributed by atoms with Gasteiger partial charge in [0, 0.05) is 5.56 Å². The molecule has 0 radical (unpaired) electrons. The Balaban J connectivity index is 2.24. The predicted molar refractivity (Wildman–Crippen MR) is 81.5 cm³/mol. The minimum Gasteiger partial charge on any atom is -0.494 e. The molecular formula is C18H17NO2. The Morgan fingerprint density at radius 1 is 1.14 bits per heavy atom. The molecule has 0 fully saturated rings. The van der Waals surface area contributed by atoms with Crippen LogP contribution in [0.3, 0.4) is 0 Å². The zero-order valence-corrected chi connectivity index (χ0v) is 12.2. The highest BCUT2D eigenvalue weighted by Gasteiger charge is 2.21. The fraction of sp³-hybridized carbons (Fsp3) is 0.222. The van der Waals surface area contributed by atoms with Crippen molar-refractivity contribution in [1.82, 2.24) is 0 Å². The summed E-state index contributed by atoms with van der Waals surface area (Å²) in [5, 5.41) is 9.32. The molecule has 0 aromatic heterocycles. The number of carbonyl (C=O) groups excluding carboxylic acids is 1. The summed E-state index contributed by atoms with van der Waals surface area (Å²) < 4.78 is 5.35. The first-order valence-electron chi connectivity index (χ1n) is 6.89. The molecule has 106 valence electrons. The van der Waals surface area contributed by atoms with E-state index in [9.17, 15) is 10.1 Å². The molecule has 2 aromatic rings. The van der Waals surface area contributed by atoms with Gasteiger partial charge in [-0.1, -0.05) is 29.8 Å². The molecule has 3 heteroatoms. The average Bonchev–Trinajstić information content (AvgIpc) is 2.51. The van der Waals surface area contributed by atoms with Crippen LogP contribution in [0.1, 0.15) is 34.3 Å². The van der Waals surface area contributed by atoms with Crippen LogP contribution in [-0.2, 0) is 0 Å². The van der Waals surface area contributed by atoms with E-state index in [2.05, 4.69) is 6.07 Å². The lowest BCUT2D eigenvalue weighted by Gasteiger charge is -2.10. The fourth-order valence-corrected chi connectivity index (χ4v) is 2.09. The summed E-state index contributed by atoms with van der Waals surface area (Å²) in [6.45, 7) is 4.46. The monoisotopic (exact) mass is 279 g/mol. The summed E-state index contributed by atoms with van der Waals surface area (Å²) in [7, 11) is 0. The Kier molecular flexibility index (Phi) is 4.73. The number of ether oxygens (including phenoxy) is 1. The Morgan fingerprint density at radius 3 is 2.29 bits per heavy atom. The Morgan fingerprint density at radius 2 is 1.76 bits per heavy atom. The van der Waals surface area contributed by atoms with Gasteiger partial charge >= 0.3 is 0 Å². The van der Waals surface area contributed by atoms with Gasteiger partial charge in [0.2, 0.25) is 0 Å². The Hall–Kier alpha value is -2.60. The average molecular weight is 279 g/mol. The number of hydrogen-bond acceptors (Lipinski definition) is 3. The Bertz CT molecular complexity index is 651. The van der Waals surface area contributed by atoms with E-state index in [0.717, 1.165) is 16.9 Å². The smallest absolute Gasteiger partial charge is 0.184 e. The summed E-state index contributed by atoms with van der Waals surface area (Å²) in [6.07, 6.45) is 0. The highest BCUT2D eigenvalue weighted by atomic mass is 16.5. The topological polar surface area (TPSA) is 50.1 Å². The van der Waals surface area contributed by atoms with Crippen LogP contribution in [0.25, 0.3) is 0 Å². The molecule has 0 aliphatic heterocycles. The summed E-state index contributed by atoms with van der Waals surface area (Å²) >= 11 is 0. The molecule has 0 saturated carbocycles. The van der Waals surface area contributed by atoms with E-state index in [1.165, 1.54) is 0 Å². The maximum atomic E-state index is 12.5. The Labute approximate surface area is 124 Å². The van der Waals surface area contributed by atoms with Gasteiger partial charge in [0.25, 0.3) is 0 Å². The van der Waals surface area contributed by atoms with Crippen molar-refractivity contribution in [2.75, 3.05) is 6.61 Å². The van der Waals surface area contributed by atoms with Crippen LogP contribution >= 0.6 is 0 Å². The molecule has 0 bridgehead atoms. The first-order chi connectivity index (χ1) is 10.2. The summed E-state index contributed by atoms with van der Waals surface area (Å²) in [5.41, 5.74) is 2.34. The van der Waals surface area contributed by atoms with Crippen molar-refractivity contribution < 1.29 is 9.53 Å². The molecule has 21 heavy (non-hydrogen) atoms. The van der Waals surface area contributed by atoms with E-state index in [1.54, 1.807) is 24.3 Å². The number of nitrogens with zero attached hydrogens (tertiary/aromatic N) is 1. The van der Waals surface area contributed by atoms with E-state index in [1.807, 2.05) is 38.1 Å². The van der Waals surface area contributed by atoms with Gasteiger partial charge in [0.05, 0.1) is 12.7 Å². The molecule has 0 aliphatic carbocycles. The number of ketones is 1. The van der Waals surface area contributed by atoms with E-state index >= 15 is 0 Å². The number of hydrogen-bond donors (Lipinski definition) is 0. The first kappa shape index (κ1) is 14.8. The molecule has 0 spiro atoms. The third-order valence-electron chi connectivity index (χ3n) is 3.25. The van der Waals surface area contributed by atoms with Gasteiger partial charge in [-0.2, -0.15) is 5.26 Å². The molecule has 1 unspecified atom stereocenters. The number of Topliss-reactive ketones (excluding diaryl/α,β-unsaturated/α-hetero) is 1. The van der Waals surface area contributed by atoms with Crippen molar-refractivity contribution in [3.63, 3.8) is 0 Å². The maximum absolute atomic E-state index is 12.5. The van der Waals surface area contributed by atoms with E-state index in [4.69, 9.17) is 4.74 Å². The largest absolute Gasteiger partial charge is 0.494 e. The number of nitriles is 1. The lowest BCUT2D eigenvalue weighted by molar-refractivity contribution is 0.0979. The van der Waals surface area contributed by atoms with Gasteiger partial charge in [-0.15, -0.1) is 0 Å². The zero-order chi connectivity index (χ0) is 15.2. The van der Waals surface area contributed by atoms with Gasteiger partial charge in [-0.25, -0.2) is 0 Å². The third-order valence-corrected chi connectivity index (χ3v) is 3.25. The van der Waals surface area contributed by atoms with Crippen LogP contribution in [0.15, 0.2) is 48.5 Å². The maximum Gasteiger partial charge on any atom is 0.184 e. The normalized spacial score (nSPS) is 11.5. The minimum absolute atomic E-state index is 0.190. The van der Waals surface area contributed by atoms with Gasteiger partial charge in [0.15, 0.2) is 5.78 Å². The standard InChI is InChI=1S/C18H17NO2/c1-3-21-16-10-8-15(9-11-16)18(20)17(12-19)14-6-4-13(2)5-7-14/h4-11,17H,3H2,1-2H3. The van der Waals surface area contributed by atoms with Crippen molar-refractivity contribution in [2.45, 2.75) is 19.8 Å². The molecule has 2 aromatic carbocycles. The quantitative estimate of drug-likeness (QED) is 0.780. The zero-order valence-electron chi connectivity index (χ0n) is 12.2. The molecule has 2 rings (SSSR count). The first-order valence-corrected chi connectivity index (χ1v) is 6.89. The van der Waals surface area contributed by atoms with Crippen molar-refractivity contribution in [3.05, 3.63) is 65.2 Å². The number of carbonyl (C=O) groups is 1. The fourth-order valence-electron chi connectivity index (χ4n) is 2.09. The van der Waals surface area contributed by atoms with Gasteiger partial charge in [0.1, 0.15) is 11.7 Å². The molecule has 0 saturated heterocycles. The number of aryl methyl sites for hydroxylation is 1. The van der Waals surface area contributed by atoms with Crippen LogP contribution in [-0.4, -0.2) is 12.4 Å².